The predicted octanol–water partition coefficient (Wildman–Crippen LogP) is 2.22. The molecule has 0 radical (unpaired) electrons. The highest BCUT2D eigenvalue weighted by Gasteiger charge is 2.44. The van der Waals surface area contributed by atoms with Crippen molar-refractivity contribution in [3.05, 3.63) is 28.5 Å². The van der Waals surface area contributed by atoms with Crippen LogP contribution in [0.1, 0.15) is 24.8 Å². The van der Waals surface area contributed by atoms with Gasteiger partial charge in [-0.15, -0.1) is 0 Å². The molecule has 2 nitrogen and oxygen atoms in total. The zero-order valence-electron chi connectivity index (χ0n) is 7.46. The van der Waals surface area contributed by atoms with E-state index in [0.717, 1.165) is 17.6 Å². The number of pyridine rings is 1. The minimum atomic E-state index is 0.349. The molecule has 0 aliphatic heterocycles. The Balaban J connectivity index is 2.30. The van der Waals surface area contributed by atoms with Gasteiger partial charge < -0.3 is 5.73 Å². The number of hydrogen-bond acceptors (Lipinski definition) is 2. The topological polar surface area (TPSA) is 38.9 Å². The van der Waals surface area contributed by atoms with Crippen LogP contribution in [-0.2, 0) is 5.41 Å². The van der Waals surface area contributed by atoms with Gasteiger partial charge in [-0.25, -0.2) is 4.98 Å². The van der Waals surface area contributed by atoms with Crippen LogP contribution in [0.3, 0.4) is 0 Å². The van der Waals surface area contributed by atoms with Crippen molar-refractivity contribution in [2.45, 2.75) is 24.7 Å². The van der Waals surface area contributed by atoms with Crippen LogP contribution in [0, 0.1) is 0 Å². The van der Waals surface area contributed by atoms with E-state index in [4.69, 9.17) is 5.73 Å². The average Bonchev–Trinajstić information content (AvgIpc) is 2.87. The third-order valence-electron chi connectivity index (χ3n) is 2.81. The van der Waals surface area contributed by atoms with Crippen LogP contribution in [0.25, 0.3) is 0 Å². The largest absolute Gasteiger partial charge is 0.330 e. The summed E-state index contributed by atoms with van der Waals surface area (Å²) in [6.45, 7) is 0.765. The van der Waals surface area contributed by atoms with Crippen molar-refractivity contribution in [3.63, 3.8) is 0 Å². The Bertz CT molecular complexity index is 308. The maximum Gasteiger partial charge on any atom is 0.109 e. The van der Waals surface area contributed by atoms with Crippen LogP contribution in [-0.4, -0.2) is 11.5 Å². The molecule has 1 aliphatic carbocycles. The van der Waals surface area contributed by atoms with E-state index in [1.54, 1.807) is 0 Å². The Morgan fingerprint density at radius 2 is 2.31 bits per heavy atom. The Morgan fingerprint density at radius 3 is 2.85 bits per heavy atom. The molecule has 13 heavy (non-hydrogen) atoms. The number of nitrogens with two attached hydrogens (primary N) is 1. The van der Waals surface area contributed by atoms with E-state index in [9.17, 15) is 0 Å². The van der Waals surface area contributed by atoms with Gasteiger partial charge in [-0.2, -0.15) is 0 Å². The van der Waals surface area contributed by atoms with Crippen molar-refractivity contribution < 1.29 is 0 Å². The standard InChI is InChI=1S/C10H13BrN2/c11-9-8(2-1-7-13-9)10(3-4-10)5-6-12/h1-2,7H,3-6,12H2. The number of halogens is 1. The van der Waals surface area contributed by atoms with Crippen LogP contribution < -0.4 is 5.73 Å². The van der Waals surface area contributed by atoms with E-state index >= 15 is 0 Å². The molecule has 70 valence electrons. The zero-order valence-corrected chi connectivity index (χ0v) is 9.05. The van der Waals surface area contributed by atoms with Gasteiger partial charge in [0.15, 0.2) is 0 Å². The lowest BCUT2D eigenvalue weighted by molar-refractivity contribution is 0.623. The molecule has 1 fully saturated rings. The first kappa shape index (κ1) is 9.16. The Labute approximate surface area is 86.7 Å². The summed E-state index contributed by atoms with van der Waals surface area (Å²) < 4.78 is 0.987. The Kier molecular flexibility index (Phi) is 2.39. The maximum atomic E-state index is 5.61. The monoisotopic (exact) mass is 240 g/mol. The van der Waals surface area contributed by atoms with Crippen molar-refractivity contribution in [1.82, 2.24) is 4.98 Å². The summed E-state index contributed by atoms with van der Waals surface area (Å²) in [5.41, 5.74) is 7.29. The lowest BCUT2D eigenvalue weighted by atomic mass is 9.94. The van der Waals surface area contributed by atoms with Crippen LogP contribution in [0.2, 0.25) is 0 Å². The summed E-state index contributed by atoms with van der Waals surface area (Å²) in [5, 5.41) is 0. The van der Waals surface area contributed by atoms with Crippen molar-refractivity contribution in [2.75, 3.05) is 6.54 Å². The molecule has 2 rings (SSSR count). The fourth-order valence-corrected chi connectivity index (χ4v) is 2.53. The summed E-state index contributed by atoms with van der Waals surface area (Å²) in [6, 6.07) is 4.15. The Morgan fingerprint density at radius 1 is 1.54 bits per heavy atom. The van der Waals surface area contributed by atoms with Crippen molar-refractivity contribution in [2.24, 2.45) is 5.73 Å². The van der Waals surface area contributed by atoms with E-state index in [1.807, 2.05) is 12.3 Å². The minimum absolute atomic E-state index is 0.349. The normalized spacial score (nSPS) is 18.6. The molecule has 0 unspecified atom stereocenters. The smallest absolute Gasteiger partial charge is 0.109 e. The number of aromatic nitrogens is 1. The van der Waals surface area contributed by atoms with Crippen LogP contribution in [0.4, 0.5) is 0 Å². The van der Waals surface area contributed by atoms with Crippen LogP contribution in [0.15, 0.2) is 22.9 Å². The highest BCUT2D eigenvalue weighted by Crippen LogP contribution is 2.52. The molecule has 0 bridgehead atoms. The SMILES string of the molecule is NCCC1(c2cccnc2Br)CC1. The van der Waals surface area contributed by atoms with Gasteiger partial charge in [-0.3, -0.25) is 0 Å². The first-order chi connectivity index (χ1) is 6.28. The molecule has 0 amide bonds. The molecule has 1 aromatic heterocycles. The van der Waals surface area contributed by atoms with Gasteiger partial charge in [0.25, 0.3) is 0 Å². The zero-order chi connectivity index (χ0) is 9.31. The van der Waals surface area contributed by atoms with E-state index in [0.29, 0.717) is 5.41 Å². The lowest BCUT2D eigenvalue weighted by Gasteiger charge is -2.14. The molecular formula is C10H13BrN2. The molecule has 3 heteroatoms. The molecular weight excluding hydrogens is 228 g/mol. The average molecular weight is 241 g/mol. The van der Waals surface area contributed by atoms with Crippen molar-refractivity contribution >= 4 is 15.9 Å². The second kappa shape index (κ2) is 3.39. The summed E-state index contributed by atoms with van der Waals surface area (Å²) in [7, 11) is 0. The highest BCUT2D eigenvalue weighted by atomic mass is 79.9. The summed E-state index contributed by atoms with van der Waals surface area (Å²) in [5.74, 6) is 0. The lowest BCUT2D eigenvalue weighted by Crippen LogP contribution is -2.14. The number of rotatable bonds is 3. The third kappa shape index (κ3) is 1.63. The summed E-state index contributed by atoms with van der Waals surface area (Å²) in [4.78, 5) is 4.24. The second-order valence-corrected chi connectivity index (χ2v) is 4.41. The molecule has 1 aliphatic rings. The second-order valence-electron chi connectivity index (χ2n) is 3.66. The molecule has 1 saturated carbocycles. The fraction of sp³-hybridized carbons (Fsp3) is 0.500. The molecule has 0 saturated heterocycles. The van der Waals surface area contributed by atoms with Gasteiger partial charge in [-0.1, -0.05) is 6.07 Å². The molecule has 1 heterocycles. The van der Waals surface area contributed by atoms with Gasteiger partial charge in [0.05, 0.1) is 0 Å². The maximum absolute atomic E-state index is 5.61. The predicted molar refractivity (Wildman–Crippen MR) is 56.5 cm³/mol. The van der Waals surface area contributed by atoms with Gasteiger partial charge >= 0.3 is 0 Å². The van der Waals surface area contributed by atoms with E-state index < -0.39 is 0 Å². The first-order valence-corrected chi connectivity index (χ1v) is 5.39. The number of nitrogens with zero attached hydrogens (tertiary/aromatic N) is 1. The molecule has 0 aromatic carbocycles. The van der Waals surface area contributed by atoms with Crippen molar-refractivity contribution in [3.8, 4) is 0 Å². The first-order valence-electron chi connectivity index (χ1n) is 4.60. The molecule has 0 spiro atoms. The van der Waals surface area contributed by atoms with Crippen LogP contribution >= 0.6 is 15.9 Å². The Hall–Kier alpha value is -0.410. The molecule has 2 N–H and O–H groups in total. The highest BCUT2D eigenvalue weighted by molar-refractivity contribution is 9.10. The third-order valence-corrected chi connectivity index (χ3v) is 3.44. The van der Waals surface area contributed by atoms with E-state index in [-0.39, 0.29) is 0 Å². The van der Waals surface area contributed by atoms with Crippen LogP contribution in [0.5, 0.6) is 0 Å². The molecule has 0 atom stereocenters. The van der Waals surface area contributed by atoms with E-state index in [2.05, 4.69) is 27.0 Å². The molecule has 1 aromatic rings. The van der Waals surface area contributed by atoms with Gasteiger partial charge in [-0.05, 0) is 58.8 Å². The number of hydrogen-bond donors (Lipinski definition) is 1. The quantitative estimate of drug-likeness (QED) is 0.824. The van der Waals surface area contributed by atoms with Gasteiger partial charge in [0, 0.05) is 6.20 Å². The fourth-order valence-electron chi connectivity index (χ4n) is 1.86. The summed E-state index contributed by atoms with van der Waals surface area (Å²) >= 11 is 3.49. The van der Waals surface area contributed by atoms with E-state index in [1.165, 1.54) is 18.4 Å². The van der Waals surface area contributed by atoms with Gasteiger partial charge in [0.2, 0.25) is 0 Å². The summed E-state index contributed by atoms with van der Waals surface area (Å²) in [6.07, 6.45) is 5.41. The van der Waals surface area contributed by atoms with Gasteiger partial charge in [0.1, 0.15) is 4.60 Å². The van der Waals surface area contributed by atoms with Crippen molar-refractivity contribution in [1.29, 1.82) is 0 Å². The minimum Gasteiger partial charge on any atom is -0.330 e.